The summed E-state index contributed by atoms with van der Waals surface area (Å²) in [6.07, 6.45) is 0. The van der Waals surface area contributed by atoms with E-state index in [9.17, 15) is 14.7 Å². The second-order valence-corrected chi connectivity index (χ2v) is 5.37. The molecule has 0 aliphatic carbocycles. The van der Waals surface area contributed by atoms with Crippen molar-refractivity contribution in [2.24, 2.45) is 0 Å². The molecule has 3 rings (SSSR count). The number of aromatic hydroxyl groups is 1. The maximum Gasteiger partial charge on any atom is 0.261 e. The van der Waals surface area contributed by atoms with Crippen LogP contribution >= 0.6 is 15.9 Å². The molecule has 0 spiro atoms. The molecule has 1 heterocycles. The average molecular weight is 332 g/mol. The first-order chi connectivity index (χ1) is 9.58. The lowest BCUT2D eigenvalue weighted by Gasteiger charge is -2.15. The first-order valence-corrected chi connectivity index (χ1v) is 6.80. The quantitative estimate of drug-likeness (QED) is 0.861. The van der Waals surface area contributed by atoms with Crippen LogP contribution in [0.25, 0.3) is 0 Å². The minimum atomic E-state index is -0.305. The van der Waals surface area contributed by atoms with Crippen LogP contribution in [-0.4, -0.2) is 21.8 Å². The Balaban J connectivity index is 1.96. The van der Waals surface area contributed by atoms with Gasteiger partial charge in [-0.15, -0.1) is 0 Å². The fourth-order valence-corrected chi connectivity index (χ4v) is 2.61. The number of phenolic OH excluding ortho intramolecular Hbond substituents is 1. The number of hydrogen-bond donors (Lipinski definition) is 1. The molecule has 100 valence electrons. The van der Waals surface area contributed by atoms with E-state index in [1.807, 2.05) is 0 Å². The van der Waals surface area contributed by atoms with Crippen LogP contribution in [0.2, 0.25) is 0 Å². The van der Waals surface area contributed by atoms with Crippen molar-refractivity contribution in [2.75, 3.05) is 0 Å². The number of phenols is 1. The monoisotopic (exact) mass is 331 g/mol. The first kappa shape index (κ1) is 12.9. The molecule has 0 fully saturated rings. The number of amides is 2. The molecule has 2 amide bonds. The van der Waals surface area contributed by atoms with Gasteiger partial charge in [0.05, 0.1) is 17.7 Å². The molecule has 1 N–H and O–H groups in total. The van der Waals surface area contributed by atoms with Crippen molar-refractivity contribution in [1.82, 2.24) is 4.90 Å². The van der Waals surface area contributed by atoms with Crippen LogP contribution in [0.3, 0.4) is 0 Å². The summed E-state index contributed by atoms with van der Waals surface area (Å²) in [6.45, 7) is 0.126. The molecule has 2 aromatic rings. The van der Waals surface area contributed by atoms with Crippen molar-refractivity contribution < 1.29 is 14.7 Å². The first-order valence-electron chi connectivity index (χ1n) is 6.00. The zero-order chi connectivity index (χ0) is 14.3. The molecule has 0 unspecified atom stereocenters. The van der Waals surface area contributed by atoms with Gasteiger partial charge >= 0.3 is 0 Å². The third-order valence-electron chi connectivity index (χ3n) is 3.24. The van der Waals surface area contributed by atoms with Crippen LogP contribution in [0, 0.1) is 0 Å². The van der Waals surface area contributed by atoms with E-state index in [1.165, 1.54) is 17.0 Å². The topological polar surface area (TPSA) is 57.6 Å². The fourth-order valence-electron chi connectivity index (χ4n) is 2.24. The average Bonchev–Trinajstić information content (AvgIpc) is 2.68. The molecule has 2 aromatic carbocycles. The number of carbonyl (C=O) groups is 2. The summed E-state index contributed by atoms with van der Waals surface area (Å²) < 4.78 is 0.742. The zero-order valence-corrected chi connectivity index (χ0v) is 11.9. The highest BCUT2D eigenvalue weighted by atomic mass is 79.9. The highest BCUT2D eigenvalue weighted by Crippen LogP contribution is 2.28. The minimum absolute atomic E-state index is 0.0970. The number of imide groups is 1. The van der Waals surface area contributed by atoms with E-state index in [2.05, 4.69) is 15.9 Å². The Hall–Kier alpha value is -2.14. The summed E-state index contributed by atoms with van der Waals surface area (Å²) >= 11 is 3.35. The number of halogens is 1. The zero-order valence-electron chi connectivity index (χ0n) is 10.3. The van der Waals surface area contributed by atoms with Crippen LogP contribution in [0.4, 0.5) is 0 Å². The number of hydrogen-bond acceptors (Lipinski definition) is 3. The van der Waals surface area contributed by atoms with Crippen LogP contribution in [0.15, 0.2) is 46.9 Å². The normalized spacial score (nSPS) is 13.8. The summed E-state index contributed by atoms with van der Waals surface area (Å²) in [6, 6.07) is 11.5. The van der Waals surface area contributed by atoms with Gasteiger partial charge in [-0.1, -0.05) is 28.1 Å². The van der Waals surface area contributed by atoms with E-state index in [4.69, 9.17) is 0 Å². The van der Waals surface area contributed by atoms with E-state index < -0.39 is 0 Å². The van der Waals surface area contributed by atoms with E-state index in [1.54, 1.807) is 30.3 Å². The van der Waals surface area contributed by atoms with Crippen molar-refractivity contribution in [1.29, 1.82) is 0 Å². The van der Waals surface area contributed by atoms with Gasteiger partial charge in [-0.05, 0) is 35.9 Å². The minimum Gasteiger partial charge on any atom is -0.508 e. The molecule has 0 saturated heterocycles. The van der Waals surface area contributed by atoms with Crippen molar-refractivity contribution in [2.45, 2.75) is 6.54 Å². The van der Waals surface area contributed by atoms with Crippen molar-refractivity contribution >= 4 is 27.7 Å². The Morgan fingerprint density at radius 2 is 1.60 bits per heavy atom. The van der Waals surface area contributed by atoms with Gasteiger partial charge in [0.1, 0.15) is 5.75 Å². The Bertz CT molecular complexity index is 692. The Kier molecular flexibility index (Phi) is 3.06. The van der Waals surface area contributed by atoms with Gasteiger partial charge < -0.3 is 5.11 Å². The lowest BCUT2D eigenvalue weighted by atomic mass is 10.1. The van der Waals surface area contributed by atoms with Gasteiger partial charge in [0.15, 0.2) is 0 Å². The van der Waals surface area contributed by atoms with Gasteiger partial charge in [-0.2, -0.15) is 0 Å². The van der Waals surface area contributed by atoms with Crippen LogP contribution < -0.4 is 0 Å². The number of rotatable bonds is 2. The summed E-state index contributed by atoms with van der Waals surface area (Å²) in [5.74, 6) is -0.513. The standard InChI is InChI=1S/C15H10BrNO3/c16-13-6-5-10(18)7-9(13)8-17-14(19)11-3-1-2-4-12(11)15(17)20/h1-7,18H,8H2. The number of carbonyl (C=O) groups excluding carboxylic acids is 2. The van der Waals surface area contributed by atoms with E-state index in [0.29, 0.717) is 16.7 Å². The molecule has 0 bridgehead atoms. The second-order valence-electron chi connectivity index (χ2n) is 4.52. The predicted octanol–water partition coefficient (Wildman–Crippen LogP) is 2.95. The molecule has 4 nitrogen and oxygen atoms in total. The Morgan fingerprint density at radius 3 is 2.20 bits per heavy atom. The van der Waals surface area contributed by atoms with Crippen LogP contribution in [0.1, 0.15) is 26.3 Å². The number of benzene rings is 2. The van der Waals surface area contributed by atoms with Crippen LogP contribution in [0.5, 0.6) is 5.75 Å². The molecular weight excluding hydrogens is 322 g/mol. The molecule has 0 atom stereocenters. The maximum atomic E-state index is 12.2. The van der Waals surface area contributed by atoms with E-state index in [0.717, 1.165) is 4.47 Å². The molecule has 0 saturated carbocycles. The summed E-state index contributed by atoms with van der Waals surface area (Å²) in [5, 5.41) is 9.51. The smallest absolute Gasteiger partial charge is 0.261 e. The van der Waals surface area contributed by atoms with E-state index >= 15 is 0 Å². The molecule has 1 aliphatic rings. The third kappa shape index (κ3) is 2.00. The molecule has 0 aromatic heterocycles. The summed E-state index contributed by atoms with van der Waals surface area (Å²) in [7, 11) is 0. The van der Waals surface area contributed by atoms with Gasteiger partial charge in [-0.3, -0.25) is 14.5 Å². The fraction of sp³-hybridized carbons (Fsp3) is 0.0667. The van der Waals surface area contributed by atoms with Crippen LogP contribution in [-0.2, 0) is 6.54 Å². The van der Waals surface area contributed by atoms with Crippen molar-refractivity contribution in [3.8, 4) is 5.75 Å². The Labute approximate surface area is 123 Å². The number of nitrogens with zero attached hydrogens (tertiary/aromatic N) is 1. The van der Waals surface area contributed by atoms with Gasteiger partial charge in [0.25, 0.3) is 11.8 Å². The van der Waals surface area contributed by atoms with Gasteiger partial charge in [0.2, 0.25) is 0 Å². The second kappa shape index (κ2) is 4.76. The summed E-state index contributed by atoms with van der Waals surface area (Å²) in [4.78, 5) is 25.7. The molecule has 20 heavy (non-hydrogen) atoms. The lowest BCUT2D eigenvalue weighted by Crippen LogP contribution is -2.29. The predicted molar refractivity (Wildman–Crippen MR) is 76.5 cm³/mol. The highest BCUT2D eigenvalue weighted by Gasteiger charge is 2.35. The SMILES string of the molecule is O=C1c2ccccc2C(=O)N1Cc1cc(O)ccc1Br. The Morgan fingerprint density at radius 1 is 1.00 bits per heavy atom. The third-order valence-corrected chi connectivity index (χ3v) is 4.01. The molecular formula is C15H10BrNO3. The van der Waals surface area contributed by atoms with E-state index in [-0.39, 0.29) is 24.1 Å². The molecule has 1 aliphatic heterocycles. The lowest BCUT2D eigenvalue weighted by molar-refractivity contribution is 0.0642. The highest BCUT2D eigenvalue weighted by molar-refractivity contribution is 9.10. The van der Waals surface area contributed by atoms with Gasteiger partial charge in [0, 0.05) is 4.47 Å². The maximum absolute atomic E-state index is 12.2. The van der Waals surface area contributed by atoms with Gasteiger partial charge in [-0.25, -0.2) is 0 Å². The number of fused-ring (bicyclic) bond motifs is 1. The molecule has 5 heteroatoms. The van der Waals surface area contributed by atoms with Crippen molar-refractivity contribution in [3.63, 3.8) is 0 Å². The largest absolute Gasteiger partial charge is 0.508 e. The molecule has 0 radical (unpaired) electrons. The summed E-state index contributed by atoms with van der Waals surface area (Å²) in [5.41, 5.74) is 1.53. The van der Waals surface area contributed by atoms with Crippen molar-refractivity contribution in [3.05, 3.63) is 63.6 Å².